The number of hydrogen-bond acceptors (Lipinski definition) is 11. The van der Waals surface area contributed by atoms with Gasteiger partial charge in [-0.1, -0.05) is 0 Å². The summed E-state index contributed by atoms with van der Waals surface area (Å²) in [4.78, 5) is 93.6. The van der Waals surface area contributed by atoms with Crippen LogP contribution in [-0.2, 0) is 28.7 Å². The Morgan fingerprint density at radius 2 is 1.29 bits per heavy atom. The lowest BCUT2D eigenvalue weighted by Gasteiger charge is -2.26. The van der Waals surface area contributed by atoms with Gasteiger partial charge in [0.15, 0.2) is 11.9 Å². The second-order valence-electron chi connectivity index (χ2n) is 13.2. The van der Waals surface area contributed by atoms with E-state index in [9.17, 15) is 28.8 Å². The summed E-state index contributed by atoms with van der Waals surface area (Å²) >= 11 is 0. The largest absolute Gasteiger partial charge is 0.481 e. The van der Waals surface area contributed by atoms with E-state index in [-0.39, 0.29) is 74.8 Å². The van der Waals surface area contributed by atoms with Crippen molar-refractivity contribution in [1.29, 1.82) is 0 Å². The normalized spacial score (nSPS) is 12.3. The van der Waals surface area contributed by atoms with E-state index in [4.69, 9.17) is 47.7 Å². The minimum Gasteiger partial charge on any atom is -0.481 e. The van der Waals surface area contributed by atoms with Gasteiger partial charge >= 0.3 is 11.7 Å². The van der Waals surface area contributed by atoms with Crippen LogP contribution in [0.15, 0.2) is 43.5 Å². The molecule has 5 amide bonds. The number of hydrogen-bond donors (Lipinski definition) is 10. The van der Waals surface area contributed by atoms with Gasteiger partial charge in [0.25, 0.3) is 5.97 Å². The fourth-order valence-corrected chi connectivity index (χ4v) is 4.73. The van der Waals surface area contributed by atoms with Gasteiger partial charge < -0.3 is 64.2 Å². The number of nitrogens with one attached hydrogen (secondary N) is 4. The molecule has 0 radical (unpaired) electrons. The van der Waals surface area contributed by atoms with E-state index in [0.717, 1.165) is 6.92 Å². The lowest BCUT2D eigenvalue weighted by Crippen LogP contribution is -2.56. The number of alkyl carbamates (subject to hydrolysis) is 1. The smallest absolute Gasteiger partial charge is 0.408 e. The first-order valence-corrected chi connectivity index (χ1v) is 17.1. The van der Waals surface area contributed by atoms with Crippen LogP contribution in [0.4, 0.5) is 10.5 Å². The third-order valence-corrected chi connectivity index (χ3v) is 7.06. The van der Waals surface area contributed by atoms with E-state index >= 15 is 0 Å². The number of nitrogens with two attached hydrogens (primary N) is 5. The van der Waals surface area contributed by atoms with Crippen LogP contribution in [0.3, 0.4) is 0 Å². The summed E-state index contributed by atoms with van der Waals surface area (Å²) in [5.74, 6) is -4.06. The molecule has 0 aliphatic heterocycles. The van der Waals surface area contributed by atoms with Crippen LogP contribution in [0.1, 0.15) is 71.8 Å². The number of ether oxygens (including phenoxy) is 1. The van der Waals surface area contributed by atoms with Crippen molar-refractivity contribution >= 4 is 64.3 Å². The fourth-order valence-electron chi connectivity index (χ4n) is 4.73. The summed E-state index contributed by atoms with van der Waals surface area (Å²) in [6.45, 7) is 7.99. The molecule has 2 aromatic rings. The first kappa shape index (κ1) is 46.6. The second kappa shape index (κ2) is 22.6. The van der Waals surface area contributed by atoms with E-state index in [1.807, 2.05) is 0 Å². The van der Waals surface area contributed by atoms with Crippen molar-refractivity contribution in [2.45, 2.75) is 96.9 Å². The van der Waals surface area contributed by atoms with Crippen LogP contribution >= 0.6 is 0 Å². The van der Waals surface area contributed by atoms with Crippen molar-refractivity contribution in [3.63, 3.8) is 0 Å². The van der Waals surface area contributed by atoms with Gasteiger partial charge in [0.05, 0.1) is 0 Å². The first-order chi connectivity index (χ1) is 25.6. The Morgan fingerprint density at radius 3 is 1.76 bits per heavy atom. The average molecular weight is 776 g/mol. The maximum atomic E-state index is 13.8. The number of carbonyl (C=O) groups is 6. The Balaban J connectivity index is 0.00000359. The molecule has 0 aliphatic rings. The molecule has 1 aromatic carbocycles. The van der Waals surface area contributed by atoms with Crippen molar-refractivity contribution in [2.75, 3.05) is 18.4 Å². The average Bonchev–Trinajstić information content (AvgIpc) is 3.03. The predicted octanol–water partition coefficient (Wildman–Crippen LogP) is -0.634. The highest BCUT2D eigenvalue weighted by Gasteiger charge is 2.31. The van der Waals surface area contributed by atoms with Crippen LogP contribution in [0, 0.1) is 6.92 Å². The van der Waals surface area contributed by atoms with Crippen molar-refractivity contribution in [3.05, 3.63) is 40.2 Å². The molecule has 0 bridgehead atoms. The van der Waals surface area contributed by atoms with Gasteiger partial charge in [0.1, 0.15) is 29.3 Å². The number of rotatable bonds is 18. The molecule has 0 aliphatic carbocycles. The number of benzene rings is 1. The molecule has 304 valence electrons. The van der Waals surface area contributed by atoms with Crippen LogP contribution in [-0.4, -0.2) is 89.5 Å². The number of aliphatic imine (C=N–C) groups is 2. The maximum Gasteiger partial charge on any atom is 0.408 e. The third-order valence-electron chi connectivity index (χ3n) is 7.06. The number of guanidine groups is 2. The van der Waals surface area contributed by atoms with Crippen LogP contribution < -0.4 is 55.6 Å². The van der Waals surface area contributed by atoms with Crippen LogP contribution in [0.25, 0.3) is 11.0 Å². The Hall–Kier alpha value is -6.41. The highest BCUT2D eigenvalue weighted by atomic mass is 16.6. The number of carbonyl (C=O) groups excluding carboxylic acids is 5. The molecule has 55 heavy (non-hydrogen) atoms. The number of amides is 5. The minimum absolute atomic E-state index is 0.00866. The fraction of sp³-hybridized carbons (Fsp3) is 0.500. The SMILES string of the molecule is CC(=O)O.Cc1cc(=O)oc2cc(NC(=O)[C@H](CCCN=C(N)N)NC(=O)[C@H](CCCN=C(N)N)NC(=O)[C@H](CCC(N)=O)NC(=O)OC(C)(C)C)ccc12. The summed E-state index contributed by atoms with van der Waals surface area (Å²) in [5.41, 5.74) is 26.8. The van der Waals surface area contributed by atoms with Crippen molar-refractivity contribution in [1.82, 2.24) is 16.0 Å². The molecule has 15 N–H and O–H groups in total. The molecule has 1 aromatic heterocycles. The summed E-state index contributed by atoms with van der Waals surface area (Å²) in [6.07, 6.45) is -0.791. The van der Waals surface area contributed by atoms with Gasteiger partial charge in [-0.15, -0.1) is 0 Å². The van der Waals surface area contributed by atoms with E-state index < -0.39 is 65.0 Å². The van der Waals surface area contributed by atoms with Crippen molar-refractivity contribution < 1.29 is 43.0 Å². The monoisotopic (exact) mass is 775 g/mol. The number of carboxylic acid groups (broad SMARTS) is 1. The highest BCUT2D eigenvalue weighted by Crippen LogP contribution is 2.21. The zero-order valence-electron chi connectivity index (χ0n) is 31.6. The quantitative estimate of drug-likeness (QED) is 0.0390. The Bertz CT molecular complexity index is 1770. The standard InChI is InChI=1S/C32H49N11O8.C2H4O2/c1-17-15-25(45)50-23-16-18(9-10-19(17)23)40-26(46)20(7-5-13-38-29(34)35)41-27(47)21(8-6-14-39-30(36)37)42-28(48)22(11-12-24(33)44)43-31(49)51-32(2,3)4;1-2(3)4/h9-10,15-16,20-22H,5-8,11-14H2,1-4H3,(H2,33,44)(H,40,46)(H,41,47)(H,42,48)(H,43,49)(H4,34,35,38)(H4,36,37,39);1H3,(H,3,4)/t20-,21-,22-;/m0./s1. The van der Waals surface area contributed by atoms with Crippen molar-refractivity contribution in [3.8, 4) is 0 Å². The second-order valence-corrected chi connectivity index (χ2v) is 13.2. The van der Waals surface area contributed by atoms with E-state index in [2.05, 4.69) is 31.3 Å². The van der Waals surface area contributed by atoms with Gasteiger partial charge in [0, 0.05) is 49.6 Å². The van der Waals surface area contributed by atoms with E-state index in [1.54, 1.807) is 39.8 Å². The molecule has 21 nitrogen and oxygen atoms in total. The van der Waals surface area contributed by atoms with E-state index in [1.165, 1.54) is 12.1 Å². The highest BCUT2D eigenvalue weighted by molar-refractivity contribution is 6.00. The molecule has 3 atom stereocenters. The molecule has 0 spiro atoms. The number of fused-ring (bicyclic) bond motifs is 1. The first-order valence-electron chi connectivity index (χ1n) is 17.1. The number of anilines is 1. The molecular formula is C34H53N11O10. The van der Waals surface area contributed by atoms with Crippen LogP contribution in [0.5, 0.6) is 0 Å². The third kappa shape index (κ3) is 19.9. The lowest BCUT2D eigenvalue weighted by atomic mass is 10.1. The topological polar surface area (TPSA) is 365 Å². The van der Waals surface area contributed by atoms with Gasteiger partial charge in [-0.2, -0.15) is 0 Å². The number of primary amides is 1. The van der Waals surface area contributed by atoms with Gasteiger partial charge in [-0.05, 0) is 77.5 Å². The Morgan fingerprint density at radius 1 is 0.800 bits per heavy atom. The van der Waals surface area contributed by atoms with Gasteiger partial charge in [-0.3, -0.25) is 34.0 Å². The van der Waals surface area contributed by atoms with Crippen LogP contribution in [0.2, 0.25) is 0 Å². The molecule has 0 fully saturated rings. The molecule has 21 heteroatoms. The zero-order chi connectivity index (χ0) is 41.9. The number of aryl methyl sites for hydroxylation is 1. The van der Waals surface area contributed by atoms with Crippen molar-refractivity contribution in [2.24, 2.45) is 38.7 Å². The summed E-state index contributed by atoms with van der Waals surface area (Å²) in [7, 11) is 0. The predicted molar refractivity (Wildman–Crippen MR) is 204 cm³/mol. The summed E-state index contributed by atoms with van der Waals surface area (Å²) in [5, 5.41) is 18.5. The minimum atomic E-state index is -1.31. The zero-order valence-corrected chi connectivity index (χ0v) is 31.6. The molecule has 2 rings (SSSR count). The number of nitrogens with zero attached hydrogens (tertiary/aromatic N) is 2. The Kier molecular flexibility index (Phi) is 19.2. The van der Waals surface area contributed by atoms with E-state index in [0.29, 0.717) is 10.9 Å². The molecular weight excluding hydrogens is 722 g/mol. The Labute approximate surface area is 317 Å². The molecule has 0 saturated carbocycles. The molecule has 0 saturated heterocycles. The molecule has 0 unspecified atom stereocenters. The summed E-state index contributed by atoms with van der Waals surface area (Å²) in [6, 6.07) is 2.40. The maximum absolute atomic E-state index is 13.8. The number of carboxylic acids is 1. The summed E-state index contributed by atoms with van der Waals surface area (Å²) < 4.78 is 10.5. The number of aliphatic carboxylic acids is 1. The lowest BCUT2D eigenvalue weighted by molar-refractivity contribution is -0.134. The van der Waals surface area contributed by atoms with Gasteiger partial charge in [-0.25, -0.2) is 9.59 Å². The van der Waals surface area contributed by atoms with Gasteiger partial charge in [0.2, 0.25) is 23.6 Å². The molecule has 1 heterocycles.